The van der Waals surface area contributed by atoms with Crippen molar-refractivity contribution in [3.63, 3.8) is 0 Å². The van der Waals surface area contributed by atoms with Crippen molar-refractivity contribution in [1.82, 2.24) is 9.97 Å². The first-order valence-corrected chi connectivity index (χ1v) is 17.0. The van der Waals surface area contributed by atoms with E-state index in [0.717, 1.165) is 50.1 Å². The lowest BCUT2D eigenvalue weighted by Crippen LogP contribution is -2.24. The van der Waals surface area contributed by atoms with Gasteiger partial charge in [0, 0.05) is 81.3 Å². The van der Waals surface area contributed by atoms with E-state index in [1.807, 2.05) is 24.3 Å². The molecule has 244 valence electrons. The first-order valence-electron chi connectivity index (χ1n) is 17.0. The molecule has 2 heterocycles. The molecule has 0 aliphatic rings. The van der Waals surface area contributed by atoms with Gasteiger partial charge >= 0.3 is 0 Å². The highest BCUT2D eigenvalue weighted by atomic mass is 15.1. The molecule has 6 rings (SSSR count). The summed E-state index contributed by atoms with van der Waals surface area (Å²) in [7, 11) is 0. The zero-order valence-corrected chi connectivity index (χ0v) is 29.1. The van der Waals surface area contributed by atoms with Crippen LogP contribution in [0.5, 0.6) is 0 Å². The van der Waals surface area contributed by atoms with E-state index in [1.165, 1.54) is 66.2 Å². The topological polar surface area (TPSA) is 32.3 Å². The average Bonchev–Trinajstić information content (AvgIpc) is 3.10. The minimum absolute atomic E-state index is 0.790. The summed E-state index contributed by atoms with van der Waals surface area (Å²) in [4.78, 5) is 14.5. The van der Waals surface area contributed by atoms with E-state index in [0.29, 0.717) is 0 Å². The molecular formula is C44H48N4. The van der Waals surface area contributed by atoms with Gasteiger partial charge in [-0.3, -0.25) is 9.97 Å². The van der Waals surface area contributed by atoms with Crippen LogP contribution in [-0.2, 0) is 12.8 Å². The lowest BCUT2D eigenvalue weighted by molar-refractivity contribution is 0.957. The van der Waals surface area contributed by atoms with Gasteiger partial charge in [-0.05, 0) is 62.1 Å². The first kappa shape index (κ1) is 34.1. The molecule has 0 bridgehead atoms. The largest absolute Gasteiger partial charge is 0.364 e. The van der Waals surface area contributed by atoms with Crippen molar-refractivity contribution in [2.75, 3.05) is 36.0 Å². The molecule has 48 heavy (non-hydrogen) atoms. The maximum atomic E-state index is 4.96. The Balaban J connectivity index is 0.000000188. The molecule has 0 N–H and O–H groups in total. The minimum Gasteiger partial charge on any atom is -0.364 e. The summed E-state index contributed by atoms with van der Waals surface area (Å²) in [6.45, 7) is 27.3. The fourth-order valence-electron chi connectivity index (χ4n) is 6.68. The van der Waals surface area contributed by atoms with E-state index in [-0.39, 0.29) is 0 Å². The number of pyridine rings is 2. The number of aryl methyl sites for hydroxylation is 4. The van der Waals surface area contributed by atoms with Gasteiger partial charge in [0.1, 0.15) is 0 Å². The van der Waals surface area contributed by atoms with Gasteiger partial charge in [-0.1, -0.05) is 86.7 Å². The van der Waals surface area contributed by atoms with E-state index in [9.17, 15) is 0 Å². The number of hydrogen-bond acceptors (Lipinski definition) is 4. The molecule has 4 nitrogen and oxygen atoms in total. The van der Waals surface area contributed by atoms with Crippen molar-refractivity contribution in [3.8, 4) is 0 Å². The Morgan fingerprint density at radius 1 is 0.521 bits per heavy atom. The molecule has 0 aliphatic heterocycles. The third-order valence-electron chi connectivity index (χ3n) is 8.98. The van der Waals surface area contributed by atoms with Crippen LogP contribution in [0.15, 0.2) is 123 Å². The van der Waals surface area contributed by atoms with Crippen LogP contribution < -0.4 is 9.80 Å². The van der Waals surface area contributed by atoms with Crippen LogP contribution in [0, 0.1) is 13.8 Å². The van der Waals surface area contributed by atoms with Gasteiger partial charge in [-0.2, -0.15) is 0 Å². The maximum absolute atomic E-state index is 4.96. The summed E-state index contributed by atoms with van der Waals surface area (Å²) >= 11 is 0. The van der Waals surface area contributed by atoms with Crippen LogP contribution >= 0.6 is 0 Å². The van der Waals surface area contributed by atoms with Crippen LogP contribution in [-0.4, -0.2) is 36.1 Å². The SMILES string of the molecule is C=CCN(CC=C)c1cccc2c(N(CC=C)CC=C)cccc12.CCc1nc2c(ccc3c2ccc2cc(C)c(CC)nc23)cc1C. The van der Waals surface area contributed by atoms with Crippen molar-refractivity contribution in [1.29, 1.82) is 0 Å². The van der Waals surface area contributed by atoms with Gasteiger partial charge in [-0.25, -0.2) is 0 Å². The summed E-state index contributed by atoms with van der Waals surface area (Å²) in [5, 5.41) is 7.29. The number of rotatable bonds is 12. The number of fused-ring (bicyclic) bond motifs is 6. The quantitative estimate of drug-likeness (QED) is 0.0992. The fraction of sp³-hybridized carbons (Fsp3) is 0.227. The Kier molecular flexibility index (Phi) is 11.1. The molecular weight excluding hydrogens is 585 g/mol. The van der Waals surface area contributed by atoms with Gasteiger partial charge in [0.05, 0.1) is 11.0 Å². The van der Waals surface area contributed by atoms with Crippen molar-refractivity contribution < 1.29 is 0 Å². The van der Waals surface area contributed by atoms with E-state index >= 15 is 0 Å². The van der Waals surface area contributed by atoms with E-state index in [4.69, 9.17) is 9.97 Å². The van der Waals surface area contributed by atoms with E-state index in [2.05, 4.69) is 137 Å². The van der Waals surface area contributed by atoms with Crippen LogP contribution in [0.1, 0.15) is 36.4 Å². The number of benzene rings is 4. The second kappa shape index (κ2) is 15.6. The molecule has 0 saturated heterocycles. The fourth-order valence-corrected chi connectivity index (χ4v) is 6.68. The normalized spacial score (nSPS) is 10.9. The van der Waals surface area contributed by atoms with Crippen LogP contribution in [0.3, 0.4) is 0 Å². The monoisotopic (exact) mass is 632 g/mol. The summed E-state index contributed by atoms with van der Waals surface area (Å²) in [6.07, 6.45) is 9.62. The second-order valence-corrected chi connectivity index (χ2v) is 12.2. The molecule has 0 unspecified atom stereocenters. The predicted molar refractivity (Wildman–Crippen MR) is 212 cm³/mol. The number of nitrogens with zero attached hydrogens (tertiary/aromatic N) is 4. The van der Waals surface area contributed by atoms with Gasteiger partial charge in [0.2, 0.25) is 0 Å². The van der Waals surface area contributed by atoms with Gasteiger partial charge < -0.3 is 9.80 Å². The second-order valence-electron chi connectivity index (χ2n) is 12.2. The van der Waals surface area contributed by atoms with Crippen molar-refractivity contribution >= 4 is 54.7 Å². The van der Waals surface area contributed by atoms with Gasteiger partial charge in [0.15, 0.2) is 0 Å². The Hall–Kier alpha value is -5.22. The Bertz CT molecular complexity index is 1950. The standard InChI is InChI=1S/C22H22N2.C22H26N2/c1-5-19-13(3)11-15-7-10-18-17(21(15)23-19)9-8-16-12-14(4)20(6-2)24-22(16)18;1-5-15-23(16-6-2)21-13-9-12-20-19(21)11-10-14-22(20)24(17-7-3)18-8-4/h7-12H,5-6H2,1-4H3;5-14H,1-4,15-18H2. The van der Waals surface area contributed by atoms with Crippen molar-refractivity contribution in [2.24, 2.45) is 0 Å². The van der Waals surface area contributed by atoms with Gasteiger partial charge in [0.25, 0.3) is 0 Å². The lowest BCUT2D eigenvalue weighted by atomic mass is 9.99. The number of hydrogen-bond donors (Lipinski definition) is 0. The molecule has 4 aromatic carbocycles. The summed E-state index contributed by atoms with van der Waals surface area (Å²) in [5.74, 6) is 0. The van der Waals surface area contributed by atoms with Crippen molar-refractivity contribution in [2.45, 2.75) is 40.5 Å². The Morgan fingerprint density at radius 3 is 1.23 bits per heavy atom. The minimum atomic E-state index is 0.790. The predicted octanol–water partition coefficient (Wildman–Crippen LogP) is 10.9. The zero-order valence-electron chi connectivity index (χ0n) is 29.1. The highest BCUT2D eigenvalue weighted by Gasteiger charge is 2.13. The summed E-state index contributed by atoms with van der Waals surface area (Å²) in [6, 6.07) is 26.2. The molecule has 6 aromatic rings. The third kappa shape index (κ3) is 6.89. The van der Waals surface area contributed by atoms with Crippen LogP contribution in [0.25, 0.3) is 43.4 Å². The smallest absolute Gasteiger partial charge is 0.0784 e. The molecule has 0 saturated carbocycles. The highest BCUT2D eigenvalue weighted by molar-refractivity contribution is 6.15. The van der Waals surface area contributed by atoms with E-state index < -0.39 is 0 Å². The molecule has 0 aliphatic carbocycles. The molecule has 0 atom stereocenters. The number of anilines is 2. The van der Waals surface area contributed by atoms with Crippen LogP contribution in [0.4, 0.5) is 11.4 Å². The summed E-state index contributed by atoms with van der Waals surface area (Å²) in [5.41, 5.74) is 9.49. The lowest BCUT2D eigenvalue weighted by Gasteiger charge is -2.27. The summed E-state index contributed by atoms with van der Waals surface area (Å²) < 4.78 is 0. The molecule has 0 spiro atoms. The molecule has 0 amide bonds. The molecule has 2 aromatic heterocycles. The molecule has 0 fully saturated rings. The number of aromatic nitrogens is 2. The van der Waals surface area contributed by atoms with Gasteiger partial charge in [-0.15, -0.1) is 26.3 Å². The highest BCUT2D eigenvalue weighted by Crippen LogP contribution is 2.34. The first-order chi connectivity index (χ1) is 23.4. The van der Waals surface area contributed by atoms with Crippen LogP contribution in [0.2, 0.25) is 0 Å². The zero-order chi connectivity index (χ0) is 34.2. The third-order valence-corrected chi connectivity index (χ3v) is 8.98. The molecule has 0 radical (unpaired) electrons. The van der Waals surface area contributed by atoms with Crippen molar-refractivity contribution in [3.05, 3.63) is 146 Å². The Morgan fingerprint density at radius 2 is 0.896 bits per heavy atom. The molecule has 4 heteroatoms. The Labute approximate surface area is 286 Å². The average molecular weight is 633 g/mol. The maximum Gasteiger partial charge on any atom is 0.0784 e. The van der Waals surface area contributed by atoms with E-state index in [1.54, 1.807) is 0 Å².